The molecule has 0 saturated heterocycles. The van der Waals surface area contributed by atoms with Crippen LogP contribution in [0.15, 0.2) is 48.5 Å². The normalized spacial score (nSPS) is 20.1. The van der Waals surface area contributed by atoms with Gasteiger partial charge in [-0.25, -0.2) is 0 Å². The first-order valence-corrected chi connectivity index (χ1v) is 7.28. The molecule has 0 radical (unpaired) electrons. The summed E-state index contributed by atoms with van der Waals surface area (Å²) in [4.78, 5) is 22.6. The van der Waals surface area contributed by atoms with Crippen LogP contribution in [0, 0.1) is 0 Å². The Kier molecular flexibility index (Phi) is 3.46. The third kappa shape index (κ3) is 2.80. The van der Waals surface area contributed by atoms with E-state index in [9.17, 15) is 9.59 Å². The number of hydrogen-bond acceptors (Lipinski definition) is 2. The monoisotopic (exact) mass is 278 g/mol. The van der Waals surface area contributed by atoms with Gasteiger partial charge >= 0.3 is 0 Å². The molecule has 0 heterocycles. The van der Waals surface area contributed by atoms with Crippen LogP contribution in [0.5, 0.6) is 0 Å². The number of carbonyl (C=O) groups excluding carboxylic acids is 2. The van der Waals surface area contributed by atoms with Gasteiger partial charge in [0.15, 0.2) is 11.6 Å². The lowest BCUT2D eigenvalue weighted by Crippen LogP contribution is -1.93. The van der Waals surface area contributed by atoms with E-state index < -0.39 is 0 Å². The van der Waals surface area contributed by atoms with E-state index in [-0.39, 0.29) is 11.6 Å². The molecule has 2 heteroatoms. The Labute approximate surface area is 124 Å². The van der Waals surface area contributed by atoms with Crippen LogP contribution in [0.1, 0.15) is 63.9 Å². The Hall–Kier alpha value is -2.22. The van der Waals surface area contributed by atoms with Gasteiger partial charge in [-0.2, -0.15) is 0 Å². The minimum absolute atomic E-state index is 0.105. The van der Waals surface area contributed by atoms with Crippen LogP contribution in [0.2, 0.25) is 0 Å². The van der Waals surface area contributed by atoms with E-state index in [2.05, 4.69) is 24.3 Å². The first-order chi connectivity index (χ1) is 10.1. The largest absolute Gasteiger partial charge is 0.295 e. The Bertz CT molecular complexity index is 619. The molecule has 0 aromatic heterocycles. The predicted molar refractivity (Wildman–Crippen MR) is 83.0 cm³/mol. The van der Waals surface area contributed by atoms with Crippen LogP contribution >= 0.6 is 0 Å². The van der Waals surface area contributed by atoms with Gasteiger partial charge in [0.05, 0.1) is 0 Å². The highest BCUT2D eigenvalue weighted by Crippen LogP contribution is 2.54. The predicted octanol–water partition coefficient (Wildman–Crippen LogP) is 4.36. The lowest BCUT2D eigenvalue weighted by Gasteiger charge is -2.03. The topological polar surface area (TPSA) is 34.1 Å². The Morgan fingerprint density at radius 1 is 0.714 bits per heavy atom. The third-order valence-corrected chi connectivity index (χ3v) is 4.28. The Morgan fingerprint density at radius 2 is 1.05 bits per heavy atom. The fraction of sp³-hybridized carbons (Fsp3) is 0.263. The summed E-state index contributed by atoms with van der Waals surface area (Å²) in [7, 11) is 0. The maximum Gasteiger partial charge on any atom is 0.159 e. The molecule has 3 rings (SSSR count). The lowest BCUT2D eigenvalue weighted by molar-refractivity contribution is 0.100. The zero-order valence-electron chi connectivity index (χ0n) is 12.3. The van der Waals surface area contributed by atoms with Crippen molar-refractivity contribution in [3.63, 3.8) is 0 Å². The number of carbonyl (C=O) groups is 2. The van der Waals surface area contributed by atoms with Crippen LogP contribution in [0.4, 0.5) is 0 Å². The first-order valence-electron chi connectivity index (χ1n) is 7.28. The summed E-state index contributed by atoms with van der Waals surface area (Å²) in [6.45, 7) is 3.18. The standard InChI is InChI=1S/C19H18O2/c1-12(20)14-3-7-16(8-4-14)18-11-19(18)17-9-5-15(6-10-17)13(2)21/h3-10,18-19H,11H2,1-2H3. The smallest absolute Gasteiger partial charge is 0.159 e. The van der Waals surface area contributed by atoms with Crippen molar-refractivity contribution in [2.45, 2.75) is 32.1 Å². The molecule has 0 N–H and O–H groups in total. The van der Waals surface area contributed by atoms with Crippen molar-refractivity contribution < 1.29 is 9.59 Å². The molecule has 2 atom stereocenters. The molecule has 2 aromatic carbocycles. The molecule has 0 amide bonds. The molecule has 1 aliphatic carbocycles. The van der Waals surface area contributed by atoms with Crippen LogP contribution in [-0.4, -0.2) is 11.6 Å². The molecular formula is C19H18O2. The van der Waals surface area contributed by atoms with Crippen LogP contribution in [0.25, 0.3) is 0 Å². The number of rotatable bonds is 4. The van der Waals surface area contributed by atoms with Gasteiger partial charge in [-0.3, -0.25) is 9.59 Å². The molecule has 2 aromatic rings. The quantitative estimate of drug-likeness (QED) is 0.778. The summed E-state index contributed by atoms with van der Waals surface area (Å²) in [5.74, 6) is 1.28. The van der Waals surface area contributed by atoms with Gasteiger partial charge in [-0.05, 0) is 43.2 Å². The third-order valence-electron chi connectivity index (χ3n) is 4.28. The molecule has 1 fully saturated rings. The maximum atomic E-state index is 11.3. The number of Topliss-reactive ketones (excluding diaryl/α,β-unsaturated/α-hetero) is 2. The van der Waals surface area contributed by atoms with Crippen molar-refractivity contribution in [1.82, 2.24) is 0 Å². The van der Waals surface area contributed by atoms with E-state index in [1.54, 1.807) is 13.8 Å². The first kappa shape index (κ1) is 13.7. The second-order valence-corrected chi connectivity index (χ2v) is 5.81. The molecule has 0 aliphatic heterocycles. The highest BCUT2D eigenvalue weighted by molar-refractivity contribution is 5.94. The second-order valence-electron chi connectivity index (χ2n) is 5.81. The van der Waals surface area contributed by atoms with E-state index in [1.807, 2.05) is 24.3 Å². The van der Waals surface area contributed by atoms with Crippen LogP contribution < -0.4 is 0 Å². The second kappa shape index (κ2) is 5.28. The molecule has 2 unspecified atom stereocenters. The molecule has 2 nitrogen and oxygen atoms in total. The van der Waals surface area contributed by atoms with Crippen molar-refractivity contribution in [3.8, 4) is 0 Å². The van der Waals surface area contributed by atoms with Gasteiger partial charge in [-0.1, -0.05) is 48.5 Å². The molecule has 106 valence electrons. The van der Waals surface area contributed by atoms with Crippen LogP contribution in [-0.2, 0) is 0 Å². The SMILES string of the molecule is CC(=O)c1ccc(C2CC2c2ccc(C(C)=O)cc2)cc1. The summed E-state index contributed by atoms with van der Waals surface area (Å²) in [6, 6.07) is 15.9. The fourth-order valence-corrected chi connectivity index (χ4v) is 2.86. The van der Waals surface area contributed by atoms with E-state index in [4.69, 9.17) is 0 Å². The zero-order valence-corrected chi connectivity index (χ0v) is 12.3. The number of benzene rings is 2. The zero-order chi connectivity index (χ0) is 15.0. The summed E-state index contributed by atoms with van der Waals surface area (Å²) in [6.07, 6.45) is 1.14. The number of ketones is 2. The lowest BCUT2D eigenvalue weighted by atomic mass is 10.0. The summed E-state index contributed by atoms with van der Waals surface area (Å²) < 4.78 is 0. The van der Waals surface area contributed by atoms with E-state index in [0.29, 0.717) is 11.8 Å². The summed E-state index contributed by atoms with van der Waals surface area (Å²) in [5.41, 5.74) is 4.12. The van der Waals surface area contributed by atoms with Gasteiger partial charge in [0.2, 0.25) is 0 Å². The van der Waals surface area contributed by atoms with Gasteiger partial charge < -0.3 is 0 Å². The van der Waals surface area contributed by atoms with Crippen molar-refractivity contribution in [1.29, 1.82) is 0 Å². The van der Waals surface area contributed by atoms with Crippen molar-refractivity contribution in [2.75, 3.05) is 0 Å². The Balaban J connectivity index is 1.73. The Morgan fingerprint density at radius 3 is 1.33 bits per heavy atom. The average molecular weight is 278 g/mol. The summed E-state index contributed by atoms with van der Waals surface area (Å²) >= 11 is 0. The molecule has 0 spiro atoms. The molecular weight excluding hydrogens is 260 g/mol. The highest BCUT2D eigenvalue weighted by Gasteiger charge is 2.39. The number of hydrogen-bond donors (Lipinski definition) is 0. The fourth-order valence-electron chi connectivity index (χ4n) is 2.86. The minimum Gasteiger partial charge on any atom is -0.295 e. The van der Waals surface area contributed by atoms with E-state index in [1.165, 1.54) is 11.1 Å². The van der Waals surface area contributed by atoms with Crippen molar-refractivity contribution >= 4 is 11.6 Å². The average Bonchev–Trinajstić information content (AvgIpc) is 3.28. The molecule has 21 heavy (non-hydrogen) atoms. The highest BCUT2D eigenvalue weighted by atomic mass is 16.1. The minimum atomic E-state index is 0.105. The van der Waals surface area contributed by atoms with Gasteiger partial charge in [0.1, 0.15) is 0 Å². The van der Waals surface area contributed by atoms with E-state index >= 15 is 0 Å². The van der Waals surface area contributed by atoms with Gasteiger partial charge in [0.25, 0.3) is 0 Å². The van der Waals surface area contributed by atoms with Crippen molar-refractivity contribution in [2.24, 2.45) is 0 Å². The molecule has 0 bridgehead atoms. The molecule has 1 saturated carbocycles. The van der Waals surface area contributed by atoms with Crippen molar-refractivity contribution in [3.05, 3.63) is 70.8 Å². The summed E-state index contributed by atoms with van der Waals surface area (Å²) in [5, 5.41) is 0. The van der Waals surface area contributed by atoms with Gasteiger partial charge in [0, 0.05) is 11.1 Å². The van der Waals surface area contributed by atoms with Crippen LogP contribution in [0.3, 0.4) is 0 Å². The molecule has 1 aliphatic rings. The van der Waals surface area contributed by atoms with E-state index in [0.717, 1.165) is 17.5 Å². The maximum absolute atomic E-state index is 11.3. The van der Waals surface area contributed by atoms with Gasteiger partial charge in [-0.15, -0.1) is 0 Å².